The van der Waals surface area contributed by atoms with Gasteiger partial charge in [-0.25, -0.2) is 4.98 Å². The van der Waals surface area contributed by atoms with Crippen LogP contribution in [0.25, 0.3) is 0 Å². The molecule has 8 nitrogen and oxygen atoms in total. The van der Waals surface area contributed by atoms with Gasteiger partial charge in [0.2, 0.25) is 11.8 Å². The summed E-state index contributed by atoms with van der Waals surface area (Å²) in [7, 11) is 1.91. The van der Waals surface area contributed by atoms with Gasteiger partial charge in [-0.15, -0.1) is 0 Å². The summed E-state index contributed by atoms with van der Waals surface area (Å²) in [6.45, 7) is 6.21. The van der Waals surface area contributed by atoms with E-state index in [1.165, 1.54) is 0 Å². The summed E-state index contributed by atoms with van der Waals surface area (Å²) in [6.07, 6.45) is 5.47. The first-order valence-electron chi connectivity index (χ1n) is 9.63. The van der Waals surface area contributed by atoms with Gasteiger partial charge in [-0.1, -0.05) is 6.07 Å². The van der Waals surface area contributed by atoms with Gasteiger partial charge in [0.1, 0.15) is 5.82 Å². The topological polar surface area (TPSA) is 83.4 Å². The van der Waals surface area contributed by atoms with Crippen LogP contribution in [0.1, 0.15) is 31.8 Å². The molecular formula is C20H28N6O2. The minimum Gasteiger partial charge on any atom is -0.353 e. The molecule has 150 valence electrons. The zero-order chi connectivity index (χ0) is 20.1. The normalized spacial score (nSPS) is 17.6. The van der Waals surface area contributed by atoms with E-state index < -0.39 is 6.04 Å². The van der Waals surface area contributed by atoms with Gasteiger partial charge in [0.15, 0.2) is 0 Å². The molecule has 28 heavy (non-hydrogen) atoms. The molecule has 2 aromatic rings. The fourth-order valence-corrected chi connectivity index (χ4v) is 3.42. The van der Waals surface area contributed by atoms with Crippen LogP contribution < -0.4 is 5.32 Å². The molecule has 0 aromatic carbocycles. The van der Waals surface area contributed by atoms with E-state index in [0.717, 1.165) is 11.5 Å². The number of amides is 2. The highest BCUT2D eigenvalue weighted by atomic mass is 16.2. The predicted molar refractivity (Wildman–Crippen MR) is 105 cm³/mol. The average Bonchev–Trinajstić information content (AvgIpc) is 3.07. The van der Waals surface area contributed by atoms with E-state index in [1.807, 2.05) is 54.8 Å². The Morgan fingerprint density at radius 3 is 2.79 bits per heavy atom. The molecule has 1 N–H and O–H groups in total. The van der Waals surface area contributed by atoms with Gasteiger partial charge in [0, 0.05) is 51.3 Å². The van der Waals surface area contributed by atoms with Crippen LogP contribution in [0.2, 0.25) is 0 Å². The second-order valence-corrected chi connectivity index (χ2v) is 7.37. The number of carbonyl (C=O) groups is 2. The van der Waals surface area contributed by atoms with Gasteiger partial charge in [0.05, 0.1) is 24.7 Å². The molecule has 1 aliphatic heterocycles. The molecule has 8 heteroatoms. The van der Waals surface area contributed by atoms with Crippen molar-refractivity contribution in [1.82, 2.24) is 29.7 Å². The van der Waals surface area contributed by atoms with Crippen molar-refractivity contribution in [2.75, 3.05) is 13.1 Å². The van der Waals surface area contributed by atoms with Gasteiger partial charge in [0.25, 0.3) is 0 Å². The van der Waals surface area contributed by atoms with Crippen LogP contribution in [0.4, 0.5) is 0 Å². The molecule has 0 spiro atoms. The van der Waals surface area contributed by atoms with E-state index >= 15 is 0 Å². The summed E-state index contributed by atoms with van der Waals surface area (Å²) in [5.74, 6) is 0.669. The molecular weight excluding hydrogens is 356 g/mol. The SMILES string of the molecule is CC(C)N(Cc1nccn1C)C(=O)CC1C(=O)NCCN1Cc1ccccn1. The highest BCUT2D eigenvalue weighted by Gasteiger charge is 2.33. The summed E-state index contributed by atoms with van der Waals surface area (Å²) in [5, 5.41) is 2.89. The predicted octanol–water partition coefficient (Wildman–Crippen LogP) is 0.943. The molecule has 1 atom stereocenters. The van der Waals surface area contributed by atoms with Crippen molar-refractivity contribution in [2.45, 2.75) is 45.4 Å². The van der Waals surface area contributed by atoms with Crippen molar-refractivity contribution in [3.05, 3.63) is 48.3 Å². The minimum absolute atomic E-state index is 0.0140. The molecule has 2 aromatic heterocycles. The van der Waals surface area contributed by atoms with Gasteiger partial charge in [-0.05, 0) is 26.0 Å². The summed E-state index contributed by atoms with van der Waals surface area (Å²) >= 11 is 0. The summed E-state index contributed by atoms with van der Waals surface area (Å²) < 4.78 is 1.91. The van der Waals surface area contributed by atoms with Crippen molar-refractivity contribution in [3.63, 3.8) is 0 Å². The quantitative estimate of drug-likeness (QED) is 0.768. The second kappa shape index (κ2) is 8.97. The largest absolute Gasteiger partial charge is 0.353 e. The molecule has 1 fully saturated rings. The standard InChI is InChI=1S/C20H28N6O2/c1-15(2)26(14-18-22-8-10-24(18)3)19(27)12-17-20(28)23-9-11-25(17)13-16-6-4-5-7-21-16/h4-8,10,15,17H,9,11-14H2,1-3H3,(H,23,28). The van der Waals surface area contributed by atoms with Crippen LogP contribution in [0.15, 0.2) is 36.8 Å². The van der Waals surface area contributed by atoms with Crippen LogP contribution in [0.5, 0.6) is 0 Å². The fraction of sp³-hybridized carbons (Fsp3) is 0.500. The van der Waals surface area contributed by atoms with Gasteiger partial charge in [-0.2, -0.15) is 0 Å². The van der Waals surface area contributed by atoms with E-state index in [2.05, 4.69) is 15.3 Å². The number of imidazole rings is 1. The highest BCUT2D eigenvalue weighted by molar-refractivity contribution is 5.89. The number of pyridine rings is 1. The Morgan fingerprint density at radius 1 is 1.32 bits per heavy atom. The first-order chi connectivity index (χ1) is 13.5. The third-order valence-electron chi connectivity index (χ3n) is 5.08. The van der Waals surface area contributed by atoms with Crippen LogP contribution in [0.3, 0.4) is 0 Å². The lowest BCUT2D eigenvalue weighted by Gasteiger charge is -2.36. The number of hydrogen-bond acceptors (Lipinski definition) is 5. The Balaban J connectivity index is 1.72. The lowest BCUT2D eigenvalue weighted by Crippen LogP contribution is -2.56. The maximum Gasteiger partial charge on any atom is 0.237 e. The molecule has 2 amide bonds. The Kier molecular flexibility index (Phi) is 6.41. The van der Waals surface area contributed by atoms with Crippen molar-refractivity contribution >= 4 is 11.8 Å². The smallest absolute Gasteiger partial charge is 0.237 e. The van der Waals surface area contributed by atoms with E-state index in [1.54, 1.807) is 17.3 Å². The lowest BCUT2D eigenvalue weighted by molar-refractivity contribution is -0.140. The highest BCUT2D eigenvalue weighted by Crippen LogP contribution is 2.16. The van der Waals surface area contributed by atoms with Gasteiger partial charge < -0.3 is 14.8 Å². The molecule has 0 aliphatic carbocycles. The number of piperazine rings is 1. The first-order valence-corrected chi connectivity index (χ1v) is 9.63. The van der Waals surface area contributed by atoms with E-state index in [-0.39, 0.29) is 24.3 Å². The van der Waals surface area contributed by atoms with Crippen LogP contribution in [-0.4, -0.2) is 61.3 Å². The Hall–Kier alpha value is -2.74. The van der Waals surface area contributed by atoms with Crippen LogP contribution in [0, 0.1) is 0 Å². The maximum absolute atomic E-state index is 13.1. The monoisotopic (exact) mass is 384 g/mol. The third-order valence-corrected chi connectivity index (χ3v) is 5.08. The van der Waals surface area contributed by atoms with Crippen LogP contribution in [-0.2, 0) is 29.7 Å². The molecule has 0 radical (unpaired) electrons. The van der Waals surface area contributed by atoms with Crippen molar-refractivity contribution < 1.29 is 9.59 Å². The number of nitrogens with zero attached hydrogens (tertiary/aromatic N) is 5. The average molecular weight is 384 g/mol. The number of nitrogens with one attached hydrogen (secondary N) is 1. The number of rotatable bonds is 7. The van der Waals surface area contributed by atoms with Gasteiger partial charge >= 0.3 is 0 Å². The van der Waals surface area contributed by atoms with E-state index in [0.29, 0.717) is 26.2 Å². The van der Waals surface area contributed by atoms with Crippen molar-refractivity contribution in [2.24, 2.45) is 7.05 Å². The Morgan fingerprint density at radius 2 is 2.14 bits per heavy atom. The first kappa shape index (κ1) is 20.0. The van der Waals surface area contributed by atoms with E-state index in [9.17, 15) is 9.59 Å². The molecule has 3 rings (SSSR count). The van der Waals surface area contributed by atoms with Crippen molar-refractivity contribution in [3.8, 4) is 0 Å². The molecule has 1 unspecified atom stereocenters. The molecule has 0 saturated carbocycles. The Bertz CT molecular complexity index is 804. The zero-order valence-electron chi connectivity index (χ0n) is 16.7. The molecule has 3 heterocycles. The van der Waals surface area contributed by atoms with E-state index in [4.69, 9.17) is 0 Å². The number of hydrogen-bond donors (Lipinski definition) is 1. The number of aryl methyl sites for hydroxylation is 1. The maximum atomic E-state index is 13.1. The second-order valence-electron chi connectivity index (χ2n) is 7.37. The fourth-order valence-electron chi connectivity index (χ4n) is 3.42. The van der Waals surface area contributed by atoms with Gasteiger partial charge in [-0.3, -0.25) is 19.5 Å². The summed E-state index contributed by atoms with van der Waals surface area (Å²) in [5.41, 5.74) is 0.892. The molecule has 1 aliphatic rings. The third kappa shape index (κ3) is 4.75. The minimum atomic E-state index is -0.495. The number of aromatic nitrogens is 3. The lowest BCUT2D eigenvalue weighted by atomic mass is 10.1. The zero-order valence-corrected chi connectivity index (χ0v) is 16.7. The molecule has 0 bridgehead atoms. The number of carbonyl (C=O) groups excluding carboxylic acids is 2. The molecule has 1 saturated heterocycles. The summed E-state index contributed by atoms with van der Waals surface area (Å²) in [6, 6.07) is 5.25. The Labute approximate surface area is 165 Å². The summed E-state index contributed by atoms with van der Waals surface area (Å²) in [4.78, 5) is 38.1. The van der Waals surface area contributed by atoms with Crippen LogP contribution >= 0.6 is 0 Å². The van der Waals surface area contributed by atoms with Crippen molar-refractivity contribution in [1.29, 1.82) is 0 Å².